The summed E-state index contributed by atoms with van der Waals surface area (Å²) in [5.74, 6) is -1.10. The number of benzene rings is 2. The number of hydrogen-bond acceptors (Lipinski definition) is 5. The first kappa shape index (κ1) is 14.7. The van der Waals surface area contributed by atoms with Crippen molar-refractivity contribution in [1.29, 1.82) is 0 Å². The third-order valence-electron chi connectivity index (χ3n) is 2.58. The van der Waals surface area contributed by atoms with Crippen LogP contribution in [0.15, 0.2) is 42.5 Å². The summed E-state index contributed by atoms with van der Waals surface area (Å²) in [7, 11) is 0. The van der Waals surface area contributed by atoms with Crippen molar-refractivity contribution in [3.05, 3.63) is 68.7 Å². The van der Waals surface area contributed by atoms with Crippen LogP contribution in [0.5, 0.6) is 5.75 Å². The Kier molecular flexibility index (Phi) is 4.30. The van der Waals surface area contributed by atoms with Crippen molar-refractivity contribution < 1.29 is 19.2 Å². The standard InChI is InChI=1S/C14H8ClNO5/c15-11-3-1-2-10(7-11)14(18)21-13-6-9(8-17)4-5-12(13)16(19)20/h1-8H. The van der Waals surface area contributed by atoms with Crippen LogP contribution in [0, 0.1) is 10.1 Å². The van der Waals surface area contributed by atoms with Crippen LogP contribution >= 0.6 is 11.6 Å². The van der Waals surface area contributed by atoms with Crippen LogP contribution in [0.25, 0.3) is 0 Å². The normalized spacial score (nSPS) is 9.95. The molecule has 106 valence electrons. The van der Waals surface area contributed by atoms with Crippen LogP contribution in [0.4, 0.5) is 5.69 Å². The highest BCUT2D eigenvalue weighted by atomic mass is 35.5. The zero-order valence-corrected chi connectivity index (χ0v) is 11.2. The van der Waals surface area contributed by atoms with Crippen molar-refractivity contribution in [2.75, 3.05) is 0 Å². The zero-order chi connectivity index (χ0) is 15.4. The van der Waals surface area contributed by atoms with Crippen molar-refractivity contribution in [3.63, 3.8) is 0 Å². The minimum Gasteiger partial charge on any atom is -0.416 e. The van der Waals surface area contributed by atoms with E-state index in [0.717, 1.165) is 12.1 Å². The van der Waals surface area contributed by atoms with E-state index in [0.29, 0.717) is 11.3 Å². The molecule has 21 heavy (non-hydrogen) atoms. The summed E-state index contributed by atoms with van der Waals surface area (Å²) in [5, 5.41) is 11.2. The number of nitrogens with zero attached hydrogens (tertiary/aromatic N) is 1. The van der Waals surface area contributed by atoms with Crippen molar-refractivity contribution >= 4 is 29.5 Å². The monoisotopic (exact) mass is 305 g/mol. The van der Waals surface area contributed by atoms with Gasteiger partial charge in [0.15, 0.2) is 0 Å². The molecule has 0 saturated carbocycles. The smallest absolute Gasteiger partial charge is 0.343 e. The van der Waals surface area contributed by atoms with E-state index in [2.05, 4.69) is 0 Å². The fourth-order valence-corrected chi connectivity index (χ4v) is 1.80. The van der Waals surface area contributed by atoms with Gasteiger partial charge in [-0.1, -0.05) is 17.7 Å². The van der Waals surface area contributed by atoms with Gasteiger partial charge in [-0.2, -0.15) is 0 Å². The molecule has 0 unspecified atom stereocenters. The molecule has 0 bridgehead atoms. The first-order valence-corrected chi connectivity index (χ1v) is 6.10. The number of esters is 1. The molecule has 0 aliphatic heterocycles. The predicted molar refractivity (Wildman–Crippen MR) is 74.9 cm³/mol. The van der Waals surface area contributed by atoms with Gasteiger partial charge in [0.05, 0.1) is 10.5 Å². The van der Waals surface area contributed by atoms with Gasteiger partial charge in [0.1, 0.15) is 6.29 Å². The van der Waals surface area contributed by atoms with E-state index < -0.39 is 16.6 Å². The molecule has 2 aromatic carbocycles. The number of nitro groups is 1. The van der Waals surface area contributed by atoms with Crippen LogP contribution in [-0.4, -0.2) is 17.2 Å². The Bertz CT molecular complexity index is 729. The summed E-state index contributed by atoms with van der Waals surface area (Å²) in [6.45, 7) is 0. The SMILES string of the molecule is O=Cc1ccc([N+](=O)[O-])c(OC(=O)c2cccc(Cl)c2)c1. The number of halogens is 1. The fourth-order valence-electron chi connectivity index (χ4n) is 1.61. The fraction of sp³-hybridized carbons (Fsp3) is 0. The lowest BCUT2D eigenvalue weighted by Crippen LogP contribution is -2.10. The number of ether oxygens (including phenoxy) is 1. The van der Waals surface area contributed by atoms with Gasteiger partial charge in [-0.25, -0.2) is 4.79 Å². The minimum absolute atomic E-state index is 0.147. The van der Waals surface area contributed by atoms with Crippen LogP contribution in [0.3, 0.4) is 0 Å². The lowest BCUT2D eigenvalue weighted by molar-refractivity contribution is -0.385. The average Bonchev–Trinajstić information content (AvgIpc) is 2.46. The molecule has 0 aliphatic carbocycles. The van der Waals surface area contributed by atoms with E-state index in [9.17, 15) is 19.7 Å². The summed E-state index contributed by atoms with van der Waals surface area (Å²) in [6, 6.07) is 9.46. The molecule has 0 aromatic heterocycles. The van der Waals surface area contributed by atoms with E-state index in [1.165, 1.54) is 18.2 Å². The van der Waals surface area contributed by atoms with Crippen LogP contribution < -0.4 is 4.74 Å². The molecule has 0 amide bonds. The first-order chi connectivity index (χ1) is 10.0. The summed E-state index contributed by atoms with van der Waals surface area (Å²) in [4.78, 5) is 32.9. The minimum atomic E-state index is -0.802. The van der Waals surface area contributed by atoms with Gasteiger partial charge >= 0.3 is 11.7 Å². The van der Waals surface area contributed by atoms with Gasteiger partial charge in [-0.05, 0) is 30.3 Å². The molecule has 0 fully saturated rings. The van der Waals surface area contributed by atoms with Crippen molar-refractivity contribution in [2.24, 2.45) is 0 Å². The molecule has 6 nitrogen and oxygen atoms in total. The van der Waals surface area contributed by atoms with Gasteiger partial charge in [-0.3, -0.25) is 14.9 Å². The Morgan fingerprint density at radius 1 is 1.24 bits per heavy atom. The maximum atomic E-state index is 11.9. The average molecular weight is 306 g/mol. The Hall–Kier alpha value is -2.73. The van der Waals surface area contributed by atoms with Gasteiger partial charge < -0.3 is 4.74 Å². The molecule has 0 radical (unpaired) electrons. The van der Waals surface area contributed by atoms with E-state index in [1.807, 2.05) is 0 Å². The van der Waals surface area contributed by atoms with Crippen LogP contribution in [-0.2, 0) is 0 Å². The zero-order valence-electron chi connectivity index (χ0n) is 10.5. The highest BCUT2D eigenvalue weighted by Crippen LogP contribution is 2.28. The van der Waals surface area contributed by atoms with Crippen molar-refractivity contribution in [2.45, 2.75) is 0 Å². The molecule has 0 atom stereocenters. The second-order valence-electron chi connectivity index (χ2n) is 4.00. The molecule has 0 spiro atoms. The number of hydrogen-bond donors (Lipinski definition) is 0. The molecule has 0 N–H and O–H groups in total. The number of carbonyl (C=O) groups is 2. The topological polar surface area (TPSA) is 86.5 Å². The summed E-state index contributed by atoms with van der Waals surface area (Å²) < 4.78 is 4.99. The molecule has 0 aliphatic rings. The third kappa shape index (κ3) is 3.43. The summed E-state index contributed by atoms with van der Waals surface area (Å²) in [5.41, 5.74) is -0.0984. The van der Waals surface area contributed by atoms with E-state index in [1.54, 1.807) is 12.1 Å². The van der Waals surface area contributed by atoms with E-state index in [4.69, 9.17) is 16.3 Å². The van der Waals surface area contributed by atoms with Crippen LogP contribution in [0.2, 0.25) is 5.02 Å². The molecular formula is C14H8ClNO5. The maximum Gasteiger partial charge on any atom is 0.343 e. The maximum absolute atomic E-state index is 11.9. The Morgan fingerprint density at radius 3 is 2.62 bits per heavy atom. The molecule has 2 aromatic rings. The van der Waals surface area contributed by atoms with E-state index in [-0.39, 0.29) is 16.9 Å². The highest BCUT2D eigenvalue weighted by Gasteiger charge is 2.19. The predicted octanol–water partition coefficient (Wildman–Crippen LogP) is 3.28. The second-order valence-corrected chi connectivity index (χ2v) is 4.44. The largest absolute Gasteiger partial charge is 0.416 e. The second kappa shape index (κ2) is 6.15. The third-order valence-corrected chi connectivity index (χ3v) is 2.81. The van der Waals surface area contributed by atoms with Gasteiger partial charge in [-0.15, -0.1) is 0 Å². The van der Waals surface area contributed by atoms with E-state index >= 15 is 0 Å². The number of aldehydes is 1. The Morgan fingerprint density at radius 2 is 2.00 bits per heavy atom. The molecule has 0 saturated heterocycles. The molecule has 7 heteroatoms. The van der Waals surface area contributed by atoms with Crippen LogP contribution in [0.1, 0.15) is 20.7 Å². The number of rotatable bonds is 4. The summed E-state index contributed by atoms with van der Waals surface area (Å²) in [6.07, 6.45) is 0.500. The first-order valence-electron chi connectivity index (χ1n) is 5.72. The van der Waals surface area contributed by atoms with Gasteiger partial charge in [0.25, 0.3) is 0 Å². The highest BCUT2D eigenvalue weighted by molar-refractivity contribution is 6.30. The lowest BCUT2D eigenvalue weighted by Gasteiger charge is -2.06. The molecule has 0 heterocycles. The molecule has 2 rings (SSSR count). The Balaban J connectivity index is 2.35. The summed E-state index contributed by atoms with van der Waals surface area (Å²) >= 11 is 5.76. The molecular weight excluding hydrogens is 298 g/mol. The Labute approximate surface area is 124 Å². The quantitative estimate of drug-likeness (QED) is 0.284. The van der Waals surface area contributed by atoms with Crippen molar-refractivity contribution in [1.82, 2.24) is 0 Å². The number of carbonyl (C=O) groups excluding carboxylic acids is 2. The van der Waals surface area contributed by atoms with Gasteiger partial charge in [0.2, 0.25) is 5.75 Å². The lowest BCUT2D eigenvalue weighted by atomic mass is 10.2. The van der Waals surface area contributed by atoms with Crippen molar-refractivity contribution in [3.8, 4) is 5.75 Å². The van der Waals surface area contributed by atoms with Gasteiger partial charge in [0, 0.05) is 16.7 Å². The number of nitro benzene ring substituents is 1.